The number of nitrogens with zero attached hydrogens (tertiary/aromatic N) is 5. The number of anilines is 5. The standard InChI is InChI=1S/C25H24F2N8/c1-34-9-11-35(12-10-34)21-6-5-18(14-19(21)26)31-25-32-23-22(20(27)15-29-23)24(33-25)30-17-4-2-3-16(13-17)7-8-28/h2-6,13-15H,7,9-12H2,1H3,(H3,29,30,31,32,33). The van der Waals surface area contributed by atoms with Crippen molar-refractivity contribution in [2.45, 2.75) is 6.42 Å². The van der Waals surface area contributed by atoms with E-state index in [9.17, 15) is 8.78 Å². The highest BCUT2D eigenvalue weighted by molar-refractivity contribution is 5.91. The van der Waals surface area contributed by atoms with E-state index in [1.54, 1.807) is 24.3 Å². The molecular weight excluding hydrogens is 450 g/mol. The third-order valence-electron chi connectivity index (χ3n) is 6.00. The molecule has 0 bridgehead atoms. The largest absolute Gasteiger partial charge is 0.367 e. The van der Waals surface area contributed by atoms with Gasteiger partial charge in [-0.1, -0.05) is 12.1 Å². The number of benzene rings is 2. The van der Waals surface area contributed by atoms with E-state index < -0.39 is 5.82 Å². The lowest BCUT2D eigenvalue weighted by Crippen LogP contribution is -2.44. The van der Waals surface area contributed by atoms with Gasteiger partial charge in [-0.05, 0) is 42.9 Å². The predicted molar refractivity (Wildman–Crippen MR) is 132 cm³/mol. The molecule has 0 aliphatic carbocycles. The molecule has 10 heteroatoms. The molecule has 0 amide bonds. The van der Waals surface area contributed by atoms with E-state index in [0.717, 1.165) is 31.7 Å². The van der Waals surface area contributed by atoms with Gasteiger partial charge in [-0.3, -0.25) is 0 Å². The number of likely N-dealkylation sites (N-methyl/N-ethyl adjacent to an activating group) is 1. The molecule has 3 N–H and O–H groups in total. The van der Waals surface area contributed by atoms with Crippen LogP contribution in [0.15, 0.2) is 48.7 Å². The second-order valence-corrected chi connectivity index (χ2v) is 8.50. The predicted octanol–water partition coefficient (Wildman–Crippen LogP) is 4.54. The summed E-state index contributed by atoms with van der Waals surface area (Å²) in [4.78, 5) is 15.9. The number of nitrogens with one attached hydrogen (secondary N) is 3. The number of H-pyrrole nitrogens is 1. The normalized spacial score (nSPS) is 14.2. The first-order valence-electron chi connectivity index (χ1n) is 11.3. The maximum absolute atomic E-state index is 14.9. The van der Waals surface area contributed by atoms with Crippen LogP contribution in [0.2, 0.25) is 0 Å². The molecule has 0 radical (unpaired) electrons. The van der Waals surface area contributed by atoms with Crippen molar-refractivity contribution in [3.8, 4) is 6.07 Å². The van der Waals surface area contributed by atoms with Gasteiger partial charge < -0.3 is 25.4 Å². The van der Waals surface area contributed by atoms with E-state index in [1.807, 2.05) is 17.0 Å². The maximum Gasteiger partial charge on any atom is 0.231 e. The Hall–Kier alpha value is -4.23. The highest BCUT2D eigenvalue weighted by atomic mass is 19.1. The number of rotatable bonds is 6. The monoisotopic (exact) mass is 474 g/mol. The number of fused-ring (bicyclic) bond motifs is 1. The summed E-state index contributed by atoms with van der Waals surface area (Å²) in [6.07, 6.45) is 1.47. The van der Waals surface area contributed by atoms with Crippen LogP contribution in [0.3, 0.4) is 0 Å². The van der Waals surface area contributed by atoms with Crippen molar-refractivity contribution in [1.82, 2.24) is 19.9 Å². The van der Waals surface area contributed by atoms with Gasteiger partial charge in [-0.2, -0.15) is 15.2 Å². The molecule has 35 heavy (non-hydrogen) atoms. The Balaban J connectivity index is 1.42. The molecule has 2 aromatic carbocycles. The van der Waals surface area contributed by atoms with Crippen molar-refractivity contribution >= 4 is 39.9 Å². The Morgan fingerprint density at radius 2 is 1.80 bits per heavy atom. The van der Waals surface area contributed by atoms with Crippen LogP contribution >= 0.6 is 0 Å². The SMILES string of the molecule is CN1CCN(c2ccc(Nc3nc(Nc4cccc(CC#N)c4)c4c(F)c[nH]c4n3)cc2F)CC1. The summed E-state index contributed by atoms with van der Waals surface area (Å²) in [6.45, 7) is 3.30. The van der Waals surface area contributed by atoms with Gasteiger partial charge in [0.2, 0.25) is 5.95 Å². The van der Waals surface area contributed by atoms with Gasteiger partial charge in [-0.25, -0.2) is 8.78 Å². The summed E-state index contributed by atoms with van der Waals surface area (Å²) in [5, 5.41) is 15.3. The van der Waals surface area contributed by atoms with Gasteiger partial charge in [0.25, 0.3) is 0 Å². The van der Waals surface area contributed by atoms with Gasteiger partial charge in [0.15, 0.2) is 5.82 Å². The van der Waals surface area contributed by atoms with E-state index in [-0.39, 0.29) is 29.4 Å². The summed E-state index contributed by atoms with van der Waals surface area (Å²) in [5.41, 5.74) is 2.82. The lowest BCUT2D eigenvalue weighted by Gasteiger charge is -2.34. The van der Waals surface area contributed by atoms with Crippen molar-refractivity contribution in [3.05, 3.63) is 65.9 Å². The zero-order valence-electron chi connectivity index (χ0n) is 19.1. The fourth-order valence-electron chi connectivity index (χ4n) is 4.15. The van der Waals surface area contributed by atoms with Crippen LogP contribution in [0.1, 0.15) is 5.56 Å². The van der Waals surface area contributed by atoms with Crippen LogP contribution in [-0.4, -0.2) is 53.1 Å². The molecule has 0 saturated carbocycles. The quantitative estimate of drug-likeness (QED) is 0.378. The summed E-state index contributed by atoms with van der Waals surface area (Å²) in [6, 6.07) is 14.3. The molecular formula is C25H24F2N8. The third kappa shape index (κ3) is 4.85. The van der Waals surface area contributed by atoms with Gasteiger partial charge in [0.1, 0.15) is 17.3 Å². The first-order chi connectivity index (χ1) is 17.0. The number of piperazine rings is 1. The van der Waals surface area contributed by atoms with Crippen LogP contribution in [0.25, 0.3) is 11.0 Å². The van der Waals surface area contributed by atoms with Crippen LogP contribution in [-0.2, 0) is 6.42 Å². The molecule has 0 spiro atoms. The molecule has 0 unspecified atom stereocenters. The van der Waals surface area contributed by atoms with Crippen molar-refractivity contribution in [3.63, 3.8) is 0 Å². The first kappa shape index (κ1) is 22.6. The minimum Gasteiger partial charge on any atom is -0.367 e. The Labute approximate surface area is 201 Å². The topological polar surface area (TPSA) is 95.9 Å². The average molecular weight is 475 g/mol. The fourth-order valence-corrected chi connectivity index (χ4v) is 4.15. The van der Waals surface area contributed by atoms with Crippen molar-refractivity contribution in [1.29, 1.82) is 5.26 Å². The highest BCUT2D eigenvalue weighted by Gasteiger charge is 2.18. The van der Waals surface area contributed by atoms with Gasteiger partial charge in [0.05, 0.1) is 23.6 Å². The molecule has 2 aromatic heterocycles. The number of halogens is 2. The number of hydrogen-bond acceptors (Lipinski definition) is 7. The second-order valence-electron chi connectivity index (χ2n) is 8.50. The minimum atomic E-state index is -0.496. The smallest absolute Gasteiger partial charge is 0.231 e. The summed E-state index contributed by atoms with van der Waals surface area (Å²) >= 11 is 0. The molecule has 4 aromatic rings. The molecule has 1 aliphatic rings. The second kappa shape index (κ2) is 9.56. The summed E-state index contributed by atoms with van der Waals surface area (Å²) in [7, 11) is 2.06. The van der Waals surface area contributed by atoms with E-state index in [2.05, 4.69) is 43.6 Å². The number of aromatic amines is 1. The van der Waals surface area contributed by atoms with Crippen molar-refractivity contribution in [2.24, 2.45) is 0 Å². The van der Waals surface area contributed by atoms with Crippen LogP contribution < -0.4 is 15.5 Å². The number of nitriles is 1. The Morgan fingerprint density at radius 1 is 1.00 bits per heavy atom. The lowest BCUT2D eigenvalue weighted by molar-refractivity contribution is 0.311. The third-order valence-corrected chi connectivity index (χ3v) is 6.00. The van der Waals surface area contributed by atoms with Crippen LogP contribution in [0.4, 0.5) is 37.6 Å². The van der Waals surface area contributed by atoms with Crippen LogP contribution in [0, 0.1) is 23.0 Å². The fraction of sp³-hybridized carbons (Fsp3) is 0.240. The van der Waals surface area contributed by atoms with Gasteiger partial charge in [-0.15, -0.1) is 0 Å². The van der Waals surface area contributed by atoms with E-state index in [0.29, 0.717) is 22.7 Å². The Kier molecular flexibility index (Phi) is 6.16. The minimum absolute atomic E-state index is 0.182. The van der Waals surface area contributed by atoms with Gasteiger partial charge in [0, 0.05) is 43.8 Å². The molecule has 5 rings (SSSR count). The number of aromatic nitrogens is 3. The number of hydrogen-bond donors (Lipinski definition) is 3. The Morgan fingerprint density at radius 3 is 2.57 bits per heavy atom. The lowest BCUT2D eigenvalue weighted by atomic mass is 10.1. The van der Waals surface area contributed by atoms with Gasteiger partial charge >= 0.3 is 0 Å². The molecule has 1 saturated heterocycles. The van der Waals surface area contributed by atoms with E-state index in [4.69, 9.17) is 5.26 Å². The molecule has 8 nitrogen and oxygen atoms in total. The maximum atomic E-state index is 14.9. The highest BCUT2D eigenvalue weighted by Crippen LogP contribution is 2.30. The average Bonchev–Trinajstić information content (AvgIpc) is 3.21. The zero-order chi connectivity index (χ0) is 24.4. The molecule has 1 aliphatic heterocycles. The summed E-state index contributed by atoms with van der Waals surface area (Å²) < 4.78 is 29.4. The molecule has 3 heterocycles. The van der Waals surface area contributed by atoms with Crippen molar-refractivity contribution < 1.29 is 8.78 Å². The summed E-state index contributed by atoms with van der Waals surface area (Å²) in [5.74, 6) is -0.398. The zero-order valence-corrected chi connectivity index (χ0v) is 19.1. The molecule has 0 atom stereocenters. The molecule has 1 fully saturated rings. The van der Waals surface area contributed by atoms with E-state index >= 15 is 0 Å². The van der Waals surface area contributed by atoms with E-state index in [1.165, 1.54) is 12.3 Å². The first-order valence-corrected chi connectivity index (χ1v) is 11.3. The van der Waals surface area contributed by atoms with Crippen molar-refractivity contribution in [2.75, 3.05) is 48.8 Å². The Bertz CT molecular complexity index is 1400. The van der Waals surface area contributed by atoms with Crippen LogP contribution in [0.5, 0.6) is 0 Å². The molecule has 178 valence electrons.